The number of aromatic nitrogens is 1. The van der Waals surface area contributed by atoms with Crippen molar-refractivity contribution in [2.24, 2.45) is 0 Å². The smallest absolute Gasteiger partial charge is 0.125 e. The summed E-state index contributed by atoms with van der Waals surface area (Å²) in [6.07, 6.45) is 0. The summed E-state index contributed by atoms with van der Waals surface area (Å²) in [5.41, 5.74) is 4.93. The second-order valence-corrected chi connectivity index (χ2v) is 6.40. The Kier molecular flexibility index (Phi) is 2.79. The number of rotatable bonds is 1. The molecule has 0 bridgehead atoms. The summed E-state index contributed by atoms with van der Waals surface area (Å²) in [5.74, 6) is 0. The first-order chi connectivity index (χ1) is 10.2. The molecule has 2 heteroatoms. The quantitative estimate of drug-likeness (QED) is 0.436. The van der Waals surface area contributed by atoms with Crippen molar-refractivity contribution in [2.75, 3.05) is 0 Å². The molecule has 2 aromatic carbocycles. The molecule has 0 saturated heterocycles. The molecule has 102 valence electrons. The standard InChI is InChI=1S/C19H15NS/c1-12-8-9-15-16-10-11-17(14-6-4-3-5-7-14)20-19(16)21-18(15)13(12)2/h3-11H,1-2H3. The highest BCUT2D eigenvalue weighted by molar-refractivity contribution is 7.25. The lowest BCUT2D eigenvalue weighted by molar-refractivity contribution is 1.39. The van der Waals surface area contributed by atoms with Crippen molar-refractivity contribution in [1.82, 2.24) is 4.98 Å². The maximum atomic E-state index is 4.87. The van der Waals surface area contributed by atoms with E-state index in [1.54, 1.807) is 11.3 Å². The Hall–Kier alpha value is -2.19. The summed E-state index contributed by atoms with van der Waals surface area (Å²) in [6, 6.07) is 19.1. The molecule has 4 aromatic rings. The molecule has 0 fully saturated rings. The van der Waals surface area contributed by atoms with Gasteiger partial charge in [-0.15, -0.1) is 11.3 Å². The van der Waals surface area contributed by atoms with E-state index in [0.717, 1.165) is 10.5 Å². The monoisotopic (exact) mass is 289 g/mol. The number of pyridine rings is 1. The van der Waals surface area contributed by atoms with E-state index in [2.05, 4.69) is 62.4 Å². The van der Waals surface area contributed by atoms with Crippen LogP contribution in [-0.2, 0) is 0 Å². The Labute approximate surface area is 127 Å². The molecule has 2 aromatic heterocycles. The van der Waals surface area contributed by atoms with Crippen LogP contribution in [0.15, 0.2) is 54.6 Å². The van der Waals surface area contributed by atoms with Gasteiger partial charge in [-0.2, -0.15) is 0 Å². The van der Waals surface area contributed by atoms with E-state index in [4.69, 9.17) is 4.98 Å². The Morgan fingerprint density at radius 2 is 1.57 bits per heavy atom. The Bertz CT molecular complexity index is 952. The number of benzene rings is 2. The van der Waals surface area contributed by atoms with Crippen LogP contribution in [0.4, 0.5) is 0 Å². The lowest BCUT2D eigenvalue weighted by atomic mass is 10.1. The molecule has 21 heavy (non-hydrogen) atoms. The first-order valence-electron chi connectivity index (χ1n) is 7.09. The Morgan fingerprint density at radius 1 is 0.810 bits per heavy atom. The molecule has 0 saturated carbocycles. The van der Waals surface area contributed by atoms with E-state index in [9.17, 15) is 0 Å². The molecule has 0 aliphatic rings. The van der Waals surface area contributed by atoms with Crippen LogP contribution in [0.25, 0.3) is 31.6 Å². The summed E-state index contributed by atoms with van der Waals surface area (Å²) in [7, 11) is 0. The third kappa shape index (κ3) is 1.95. The van der Waals surface area contributed by atoms with Gasteiger partial charge in [0.05, 0.1) is 5.69 Å². The summed E-state index contributed by atoms with van der Waals surface area (Å²) < 4.78 is 1.36. The topological polar surface area (TPSA) is 12.9 Å². The third-order valence-corrected chi connectivity index (χ3v) is 5.33. The van der Waals surface area contributed by atoms with E-state index in [0.29, 0.717) is 0 Å². The molecule has 0 atom stereocenters. The highest BCUT2D eigenvalue weighted by Crippen LogP contribution is 2.36. The summed E-state index contributed by atoms with van der Waals surface area (Å²) in [5, 5.41) is 2.59. The highest BCUT2D eigenvalue weighted by atomic mass is 32.1. The predicted octanol–water partition coefficient (Wildman–Crippen LogP) is 5.73. The average molecular weight is 289 g/mol. The molecule has 2 heterocycles. The lowest BCUT2D eigenvalue weighted by Crippen LogP contribution is -1.82. The van der Waals surface area contributed by atoms with Crippen LogP contribution in [0, 0.1) is 13.8 Å². The van der Waals surface area contributed by atoms with Crippen LogP contribution >= 0.6 is 11.3 Å². The van der Waals surface area contributed by atoms with E-state index in [-0.39, 0.29) is 0 Å². The summed E-state index contributed by atoms with van der Waals surface area (Å²) in [4.78, 5) is 6.00. The van der Waals surface area contributed by atoms with Crippen LogP contribution in [0.5, 0.6) is 0 Å². The molecule has 0 radical (unpaired) electrons. The normalized spacial score (nSPS) is 11.3. The first kappa shape index (κ1) is 12.5. The van der Waals surface area contributed by atoms with Crippen LogP contribution in [0.3, 0.4) is 0 Å². The van der Waals surface area contributed by atoms with Gasteiger partial charge in [-0.25, -0.2) is 4.98 Å². The molecule has 0 aliphatic heterocycles. The summed E-state index contributed by atoms with van der Waals surface area (Å²) in [6.45, 7) is 4.37. The first-order valence-corrected chi connectivity index (χ1v) is 7.90. The number of nitrogens with zero attached hydrogens (tertiary/aromatic N) is 1. The SMILES string of the molecule is Cc1ccc2c(sc3nc(-c4ccccc4)ccc32)c1C. The van der Waals surface area contributed by atoms with E-state index in [1.165, 1.54) is 32.2 Å². The van der Waals surface area contributed by atoms with Crippen molar-refractivity contribution >= 4 is 31.6 Å². The van der Waals surface area contributed by atoms with Gasteiger partial charge in [0.25, 0.3) is 0 Å². The van der Waals surface area contributed by atoms with Crippen LogP contribution in [-0.4, -0.2) is 4.98 Å². The molecule has 4 rings (SSSR count). The zero-order valence-corrected chi connectivity index (χ0v) is 12.9. The number of hydrogen-bond acceptors (Lipinski definition) is 2. The second kappa shape index (κ2) is 4.68. The van der Waals surface area contributed by atoms with Gasteiger partial charge in [-0.1, -0.05) is 42.5 Å². The van der Waals surface area contributed by atoms with Crippen LogP contribution in [0.2, 0.25) is 0 Å². The molecule has 0 N–H and O–H groups in total. The molecule has 0 amide bonds. The lowest BCUT2D eigenvalue weighted by Gasteiger charge is -2.01. The van der Waals surface area contributed by atoms with Crippen LogP contribution < -0.4 is 0 Å². The zero-order chi connectivity index (χ0) is 14.4. The number of hydrogen-bond donors (Lipinski definition) is 0. The van der Waals surface area contributed by atoms with Gasteiger partial charge in [0.1, 0.15) is 4.83 Å². The number of fused-ring (bicyclic) bond motifs is 3. The van der Waals surface area contributed by atoms with Gasteiger partial charge in [0.15, 0.2) is 0 Å². The van der Waals surface area contributed by atoms with Crippen molar-refractivity contribution in [2.45, 2.75) is 13.8 Å². The number of thiophene rings is 1. The van der Waals surface area contributed by atoms with Crippen molar-refractivity contribution in [3.63, 3.8) is 0 Å². The number of aryl methyl sites for hydroxylation is 2. The Morgan fingerprint density at radius 3 is 2.38 bits per heavy atom. The zero-order valence-electron chi connectivity index (χ0n) is 12.1. The minimum Gasteiger partial charge on any atom is -0.237 e. The van der Waals surface area contributed by atoms with E-state index in [1.807, 2.05) is 6.07 Å². The molecular weight excluding hydrogens is 274 g/mol. The van der Waals surface area contributed by atoms with Gasteiger partial charge in [0, 0.05) is 21.0 Å². The molecule has 0 aliphatic carbocycles. The summed E-state index contributed by atoms with van der Waals surface area (Å²) >= 11 is 1.80. The van der Waals surface area contributed by atoms with Crippen molar-refractivity contribution in [3.8, 4) is 11.3 Å². The highest BCUT2D eigenvalue weighted by Gasteiger charge is 2.10. The maximum absolute atomic E-state index is 4.87. The molecule has 0 spiro atoms. The minimum atomic E-state index is 1.05. The van der Waals surface area contributed by atoms with Crippen molar-refractivity contribution in [3.05, 3.63) is 65.7 Å². The van der Waals surface area contributed by atoms with Gasteiger partial charge in [-0.3, -0.25) is 0 Å². The van der Waals surface area contributed by atoms with Gasteiger partial charge in [0.2, 0.25) is 0 Å². The largest absolute Gasteiger partial charge is 0.237 e. The van der Waals surface area contributed by atoms with Crippen molar-refractivity contribution < 1.29 is 0 Å². The van der Waals surface area contributed by atoms with E-state index < -0.39 is 0 Å². The average Bonchev–Trinajstić information content (AvgIpc) is 2.90. The van der Waals surface area contributed by atoms with E-state index >= 15 is 0 Å². The van der Waals surface area contributed by atoms with Crippen molar-refractivity contribution in [1.29, 1.82) is 0 Å². The second-order valence-electron chi connectivity index (χ2n) is 5.40. The van der Waals surface area contributed by atoms with Gasteiger partial charge in [-0.05, 0) is 37.1 Å². The Balaban J connectivity index is 2.01. The minimum absolute atomic E-state index is 1.05. The fourth-order valence-corrected chi connectivity index (χ4v) is 3.95. The van der Waals surface area contributed by atoms with Gasteiger partial charge < -0.3 is 0 Å². The maximum Gasteiger partial charge on any atom is 0.125 e. The fourth-order valence-electron chi connectivity index (χ4n) is 2.72. The predicted molar refractivity (Wildman–Crippen MR) is 92.0 cm³/mol. The molecule has 1 nitrogen and oxygen atoms in total. The van der Waals surface area contributed by atoms with Crippen LogP contribution in [0.1, 0.15) is 11.1 Å². The van der Waals surface area contributed by atoms with Gasteiger partial charge >= 0.3 is 0 Å². The fraction of sp³-hybridized carbons (Fsp3) is 0.105. The molecule has 0 unspecified atom stereocenters. The third-order valence-electron chi connectivity index (χ3n) is 4.10. The molecular formula is C19H15NS.